The number of likely N-dealkylation sites (N-methyl/N-ethyl adjacent to an activating group) is 1. The van der Waals surface area contributed by atoms with Crippen molar-refractivity contribution in [3.63, 3.8) is 0 Å². The molecule has 0 saturated heterocycles. The van der Waals surface area contributed by atoms with Gasteiger partial charge in [-0.05, 0) is 38.6 Å². The van der Waals surface area contributed by atoms with Gasteiger partial charge in [-0.15, -0.1) is 11.3 Å². The molecule has 0 saturated carbocycles. The average molecular weight is 350 g/mol. The number of nitrogens with zero attached hydrogens (tertiary/aromatic N) is 2. The summed E-state index contributed by atoms with van der Waals surface area (Å²) in [6.07, 6.45) is 0.940. The third kappa shape index (κ3) is 3.42. The molecule has 0 unspecified atom stereocenters. The van der Waals surface area contributed by atoms with Crippen LogP contribution in [0.25, 0.3) is 0 Å². The molecular weight excluding hydrogens is 330 g/mol. The molecule has 1 aliphatic rings. The first-order chi connectivity index (χ1) is 10.9. The van der Waals surface area contributed by atoms with E-state index in [1.807, 2.05) is 38.1 Å². The Bertz CT molecular complexity index is 741. The normalized spacial score (nSPS) is 15.3. The predicted molar refractivity (Wildman–Crippen MR) is 95.3 cm³/mol. The number of nitrogens with one attached hydrogen (secondary N) is 1. The summed E-state index contributed by atoms with van der Waals surface area (Å²) in [5, 5.41) is 4.30. The van der Waals surface area contributed by atoms with E-state index in [0.717, 1.165) is 30.8 Å². The number of amides is 1. The number of thiazole rings is 1. The van der Waals surface area contributed by atoms with Gasteiger partial charge >= 0.3 is 0 Å². The average Bonchev–Trinajstić information content (AvgIpc) is 2.88. The molecule has 1 aromatic heterocycles. The van der Waals surface area contributed by atoms with Crippen molar-refractivity contribution in [2.75, 3.05) is 18.9 Å². The summed E-state index contributed by atoms with van der Waals surface area (Å²) >= 11 is 7.62. The van der Waals surface area contributed by atoms with Gasteiger partial charge in [0.25, 0.3) is 0 Å². The molecule has 2 aromatic rings. The van der Waals surface area contributed by atoms with Crippen molar-refractivity contribution in [3.8, 4) is 0 Å². The molecule has 2 heterocycles. The second kappa shape index (κ2) is 6.23. The molecule has 1 aliphatic heterocycles. The molecule has 6 heteroatoms. The van der Waals surface area contributed by atoms with Crippen LogP contribution in [-0.2, 0) is 23.2 Å². The summed E-state index contributed by atoms with van der Waals surface area (Å²) in [6.45, 7) is 5.71. The zero-order chi connectivity index (χ0) is 16.6. The van der Waals surface area contributed by atoms with Crippen LogP contribution in [-0.4, -0.2) is 29.4 Å². The maximum atomic E-state index is 12.7. The van der Waals surface area contributed by atoms with E-state index >= 15 is 0 Å². The van der Waals surface area contributed by atoms with E-state index in [1.165, 1.54) is 4.88 Å². The van der Waals surface area contributed by atoms with Crippen LogP contribution in [0, 0.1) is 0 Å². The van der Waals surface area contributed by atoms with E-state index in [-0.39, 0.29) is 5.91 Å². The van der Waals surface area contributed by atoms with Crippen LogP contribution in [0.3, 0.4) is 0 Å². The van der Waals surface area contributed by atoms with E-state index in [2.05, 4.69) is 22.2 Å². The van der Waals surface area contributed by atoms with Crippen LogP contribution in [0.4, 0.5) is 5.13 Å². The molecule has 0 radical (unpaired) electrons. The lowest BCUT2D eigenvalue weighted by molar-refractivity contribution is -0.120. The highest BCUT2D eigenvalue weighted by Crippen LogP contribution is 2.31. The van der Waals surface area contributed by atoms with Crippen molar-refractivity contribution >= 4 is 34.0 Å². The van der Waals surface area contributed by atoms with Gasteiger partial charge in [0.05, 0.1) is 11.1 Å². The molecule has 122 valence electrons. The number of rotatable bonds is 3. The fraction of sp³-hybridized carbons (Fsp3) is 0.412. The SMILES string of the molecule is CN1CCc2nc(NC(=O)C(C)(C)c3cccc(Cl)c3)sc2C1. The van der Waals surface area contributed by atoms with Crippen molar-refractivity contribution in [1.82, 2.24) is 9.88 Å². The Morgan fingerprint density at radius 3 is 2.96 bits per heavy atom. The van der Waals surface area contributed by atoms with Crippen molar-refractivity contribution in [3.05, 3.63) is 45.4 Å². The lowest BCUT2D eigenvalue weighted by atomic mass is 9.84. The predicted octanol–water partition coefficient (Wildman–Crippen LogP) is 3.70. The molecule has 3 rings (SSSR count). The number of carbonyl (C=O) groups is 1. The van der Waals surface area contributed by atoms with Crippen LogP contribution in [0.2, 0.25) is 5.02 Å². The summed E-state index contributed by atoms with van der Waals surface area (Å²) in [5.41, 5.74) is 1.33. The first kappa shape index (κ1) is 16.4. The number of hydrogen-bond donors (Lipinski definition) is 1. The number of hydrogen-bond acceptors (Lipinski definition) is 4. The largest absolute Gasteiger partial charge is 0.301 e. The Balaban J connectivity index is 1.79. The number of halogens is 1. The molecule has 1 N–H and O–H groups in total. The fourth-order valence-corrected chi connectivity index (χ4v) is 3.91. The van der Waals surface area contributed by atoms with E-state index in [9.17, 15) is 4.79 Å². The standard InChI is InChI=1S/C17H20ClN3OS/c1-17(2,11-5-4-6-12(18)9-11)15(22)20-16-19-13-7-8-21(3)10-14(13)23-16/h4-6,9H,7-8,10H2,1-3H3,(H,19,20,22). The maximum Gasteiger partial charge on any atom is 0.236 e. The minimum Gasteiger partial charge on any atom is -0.301 e. The number of benzene rings is 1. The highest BCUT2D eigenvalue weighted by atomic mass is 35.5. The van der Waals surface area contributed by atoms with Gasteiger partial charge in [-0.3, -0.25) is 4.79 Å². The number of carbonyl (C=O) groups excluding carboxylic acids is 1. The molecule has 0 atom stereocenters. The van der Waals surface area contributed by atoms with Gasteiger partial charge in [0.15, 0.2) is 5.13 Å². The number of fused-ring (bicyclic) bond motifs is 1. The Morgan fingerprint density at radius 1 is 1.43 bits per heavy atom. The van der Waals surface area contributed by atoms with Gasteiger partial charge in [-0.2, -0.15) is 0 Å². The lowest BCUT2D eigenvalue weighted by Gasteiger charge is -2.23. The topological polar surface area (TPSA) is 45.2 Å². The zero-order valence-electron chi connectivity index (χ0n) is 13.5. The van der Waals surface area contributed by atoms with Crippen LogP contribution in [0.5, 0.6) is 0 Å². The highest BCUT2D eigenvalue weighted by Gasteiger charge is 2.31. The molecule has 1 aromatic carbocycles. The van der Waals surface area contributed by atoms with E-state index in [1.54, 1.807) is 11.3 Å². The summed E-state index contributed by atoms with van der Waals surface area (Å²) in [5.74, 6) is -0.0702. The smallest absolute Gasteiger partial charge is 0.236 e. The Hall–Kier alpha value is -1.43. The van der Waals surface area contributed by atoms with Crippen LogP contribution >= 0.6 is 22.9 Å². The molecule has 0 bridgehead atoms. The second-order valence-electron chi connectivity index (χ2n) is 6.47. The van der Waals surface area contributed by atoms with Gasteiger partial charge in [-0.25, -0.2) is 4.98 Å². The van der Waals surface area contributed by atoms with E-state index < -0.39 is 5.41 Å². The summed E-state index contributed by atoms with van der Waals surface area (Å²) < 4.78 is 0. The fourth-order valence-electron chi connectivity index (χ4n) is 2.64. The lowest BCUT2D eigenvalue weighted by Crippen LogP contribution is -2.34. The minimum atomic E-state index is -0.673. The summed E-state index contributed by atoms with van der Waals surface area (Å²) in [7, 11) is 2.10. The maximum absolute atomic E-state index is 12.7. The third-order valence-corrected chi connectivity index (χ3v) is 5.49. The van der Waals surface area contributed by atoms with Crippen molar-refractivity contribution in [1.29, 1.82) is 0 Å². The summed E-state index contributed by atoms with van der Waals surface area (Å²) in [4.78, 5) is 20.8. The molecule has 0 spiro atoms. The first-order valence-corrected chi connectivity index (χ1v) is 8.80. The van der Waals surface area contributed by atoms with Crippen molar-refractivity contribution in [2.45, 2.75) is 32.2 Å². The molecule has 4 nitrogen and oxygen atoms in total. The van der Waals surface area contributed by atoms with Crippen molar-refractivity contribution < 1.29 is 4.79 Å². The summed E-state index contributed by atoms with van der Waals surface area (Å²) in [6, 6.07) is 7.44. The van der Waals surface area contributed by atoms with E-state index in [0.29, 0.717) is 10.2 Å². The molecule has 0 aliphatic carbocycles. The monoisotopic (exact) mass is 349 g/mol. The van der Waals surface area contributed by atoms with Crippen LogP contribution in [0.15, 0.2) is 24.3 Å². The molecule has 1 amide bonds. The highest BCUT2D eigenvalue weighted by molar-refractivity contribution is 7.15. The van der Waals surface area contributed by atoms with Crippen LogP contribution < -0.4 is 5.32 Å². The van der Waals surface area contributed by atoms with Gasteiger partial charge in [-0.1, -0.05) is 23.7 Å². The van der Waals surface area contributed by atoms with Gasteiger partial charge in [0.2, 0.25) is 5.91 Å². The van der Waals surface area contributed by atoms with Gasteiger partial charge in [0.1, 0.15) is 0 Å². The second-order valence-corrected chi connectivity index (χ2v) is 7.99. The van der Waals surface area contributed by atoms with E-state index in [4.69, 9.17) is 11.6 Å². The quantitative estimate of drug-likeness (QED) is 0.918. The van der Waals surface area contributed by atoms with Gasteiger partial charge < -0.3 is 10.2 Å². The van der Waals surface area contributed by atoms with Crippen molar-refractivity contribution in [2.24, 2.45) is 0 Å². The zero-order valence-corrected chi connectivity index (χ0v) is 15.1. The molecular formula is C17H20ClN3OS. The number of aromatic nitrogens is 1. The van der Waals surface area contributed by atoms with Crippen LogP contribution in [0.1, 0.15) is 30.0 Å². The third-order valence-electron chi connectivity index (χ3n) is 4.26. The van der Waals surface area contributed by atoms with Gasteiger partial charge in [0, 0.05) is 29.4 Å². The Kier molecular flexibility index (Phi) is 4.45. The number of anilines is 1. The minimum absolute atomic E-state index is 0.0702. The Labute approximate surface area is 145 Å². The molecule has 0 fully saturated rings. The molecule has 23 heavy (non-hydrogen) atoms. The first-order valence-electron chi connectivity index (χ1n) is 7.61. The Morgan fingerprint density at radius 2 is 2.22 bits per heavy atom.